The van der Waals surface area contributed by atoms with E-state index in [9.17, 15) is 0 Å². The quantitative estimate of drug-likeness (QED) is 0.810. The maximum absolute atomic E-state index is 5.70. The van der Waals surface area contributed by atoms with Crippen molar-refractivity contribution in [1.82, 2.24) is 15.3 Å². The van der Waals surface area contributed by atoms with Gasteiger partial charge in [-0.05, 0) is 26.3 Å². The number of anilines is 1. The lowest BCUT2D eigenvalue weighted by molar-refractivity contribution is 0.115. The van der Waals surface area contributed by atoms with Gasteiger partial charge in [0.1, 0.15) is 5.82 Å². The predicted molar refractivity (Wildman–Crippen MR) is 76.3 cm³/mol. The average Bonchev–Trinajstić information content (AvgIpc) is 2.96. The van der Waals surface area contributed by atoms with E-state index < -0.39 is 0 Å². The Bertz CT molecular complexity index is 379. The highest BCUT2D eigenvalue weighted by Crippen LogP contribution is 2.17. The van der Waals surface area contributed by atoms with Gasteiger partial charge in [0.05, 0.1) is 18.0 Å². The first kappa shape index (κ1) is 14.2. The summed E-state index contributed by atoms with van der Waals surface area (Å²) in [5, 5.41) is 3.28. The van der Waals surface area contributed by atoms with Gasteiger partial charge in [-0.3, -0.25) is 4.98 Å². The summed E-state index contributed by atoms with van der Waals surface area (Å²) >= 11 is 0. The molecule has 2 heterocycles. The summed E-state index contributed by atoms with van der Waals surface area (Å²) in [4.78, 5) is 11.2. The fourth-order valence-electron chi connectivity index (χ4n) is 2.30. The van der Waals surface area contributed by atoms with Crippen molar-refractivity contribution in [2.24, 2.45) is 0 Å². The van der Waals surface area contributed by atoms with E-state index in [2.05, 4.69) is 34.0 Å². The Balaban J connectivity index is 2.00. The molecule has 0 saturated carbocycles. The van der Waals surface area contributed by atoms with E-state index in [1.165, 1.54) is 6.42 Å². The molecule has 0 aromatic carbocycles. The number of nitrogens with zero attached hydrogens (tertiary/aromatic N) is 3. The normalized spacial score (nSPS) is 18.7. The Morgan fingerprint density at radius 2 is 2.32 bits per heavy atom. The Labute approximate surface area is 115 Å². The first-order chi connectivity index (χ1) is 9.33. The van der Waals surface area contributed by atoms with Crippen molar-refractivity contribution in [3.05, 3.63) is 18.1 Å². The molecular formula is C14H24N4O. The van der Waals surface area contributed by atoms with Crippen LogP contribution in [0, 0.1) is 0 Å². The Morgan fingerprint density at radius 1 is 1.42 bits per heavy atom. The van der Waals surface area contributed by atoms with Crippen molar-refractivity contribution in [1.29, 1.82) is 0 Å². The summed E-state index contributed by atoms with van der Waals surface area (Å²) in [5.41, 5.74) is 0.991. The van der Waals surface area contributed by atoms with E-state index in [0.717, 1.165) is 50.7 Å². The van der Waals surface area contributed by atoms with Crippen LogP contribution in [0.15, 0.2) is 12.4 Å². The van der Waals surface area contributed by atoms with Crippen molar-refractivity contribution in [3.63, 3.8) is 0 Å². The summed E-state index contributed by atoms with van der Waals surface area (Å²) in [6.07, 6.45) is 6.34. The third kappa shape index (κ3) is 4.14. The molecule has 0 spiro atoms. The monoisotopic (exact) mass is 264 g/mol. The van der Waals surface area contributed by atoms with Crippen LogP contribution in [0.1, 0.15) is 32.4 Å². The van der Waals surface area contributed by atoms with Crippen LogP contribution in [-0.2, 0) is 11.3 Å². The third-order valence-corrected chi connectivity index (χ3v) is 3.38. The van der Waals surface area contributed by atoms with Crippen LogP contribution in [-0.4, -0.2) is 42.3 Å². The van der Waals surface area contributed by atoms with Gasteiger partial charge in [0.2, 0.25) is 0 Å². The Hall–Kier alpha value is -1.20. The first-order valence-electron chi connectivity index (χ1n) is 7.21. The average molecular weight is 264 g/mol. The largest absolute Gasteiger partial charge is 0.376 e. The molecule has 5 heteroatoms. The number of ether oxygens (including phenoxy) is 1. The van der Waals surface area contributed by atoms with Gasteiger partial charge in [0.25, 0.3) is 0 Å². The van der Waals surface area contributed by atoms with Crippen LogP contribution in [0.4, 0.5) is 5.82 Å². The van der Waals surface area contributed by atoms with Gasteiger partial charge >= 0.3 is 0 Å². The predicted octanol–water partition coefficient (Wildman–Crippen LogP) is 1.59. The summed E-state index contributed by atoms with van der Waals surface area (Å²) in [6.45, 7) is 8.69. The van der Waals surface area contributed by atoms with Crippen LogP contribution in [0.25, 0.3) is 0 Å². The lowest BCUT2D eigenvalue weighted by Gasteiger charge is -2.25. The molecule has 0 amide bonds. The standard InChI is InChI=1S/C14H24N4O/c1-3-15-8-12-9-16-10-14(17-12)18(4-2)11-13-6-5-7-19-13/h9-10,13,15H,3-8,11H2,1-2H3. The van der Waals surface area contributed by atoms with E-state index in [4.69, 9.17) is 4.74 Å². The molecule has 0 aliphatic carbocycles. The molecule has 1 aromatic heterocycles. The van der Waals surface area contributed by atoms with E-state index in [0.29, 0.717) is 6.10 Å². The van der Waals surface area contributed by atoms with Crippen LogP contribution in [0.3, 0.4) is 0 Å². The molecule has 2 rings (SSSR count). The van der Waals surface area contributed by atoms with Gasteiger partial charge in [0.15, 0.2) is 0 Å². The second-order valence-corrected chi connectivity index (χ2v) is 4.82. The lowest BCUT2D eigenvalue weighted by atomic mass is 10.2. The van der Waals surface area contributed by atoms with Crippen molar-refractivity contribution in [3.8, 4) is 0 Å². The van der Waals surface area contributed by atoms with Crippen LogP contribution in [0.2, 0.25) is 0 Å². The smallest absolute Gasteiger partial charge is 0.147 e. The molecule has 0 bridgehead atoms. The van der Waals surface area contributed by atoms with Crippen LogP contribution < -0.4 is 10.2 Å². The molecule has 1 N–H and O–H groups in total. The van der Waals surface area contributed by atoms with Gasteiger partial charge in [-0.25, -0.2) is 4.98 Å². The number of rotatable bonds is 7. The number of hydrogen-bond acceptors (Lipinski definition) is 5. The Kier molecular flexibility index (Phi) is 5.54. The van der Waals surface area contributed by atoms with Crippen LogP contribution in [0.5, 0.6) is 0 Å². The molecular weight excluding hydrogens is 240 g/mol. The second kappa shape index (κ2) is 7.40. The minimum atomic E-state index is 0.346. The number of likely N-dealkylation sites (N-methyl/N-ethyl adjacent to an activating group) is 1. The summed E-state index contributed by atoms with van der Waals surface area (Å²) in [7, 11) is 0. The summed E-state index contributed by atoms with van der Waals surface area (Å²) in [5.74, 6) is 0.952. The highest BCUT2D eigenvalue weighted by Gasteiger charge is 2.19. The molecule has 5 nitrogen and oxygen atoms in total. The number of aromatic nitrogens is 2. The zero-order valence-electron chi connectivity index (χ0n) is 11.9. The Morgan fingerprint density at radius 3 is 3.00 bits per heavy atom. The minimum Gasteiger partial charge on any atom is -0.376 e. The van der Waals surface area contributed by atoms with Crippen molar-refractivity contribution >= 4 is 5.82 Å². The van der Waals surface area contributed by atoms with E-state index in [1.807, 2.05) is 12.4 Å². The minimum absolute atomic E-state index is 0.346. The van der Waals surface area contributed by atoms with Gasteiger partial charge in [-0.2, -0.15) is 0 Å². The highest BCUT2D eigenvalue weighted by molar-refractivity contribution is 5.36. The molecule has 106 valence electrons. The maximum atomic E-state index is 5.70. The third-order valence-electron chi connectivity index (χ3n) is 3.38. The second-order valence-electron chi connectivity index (χ2n) is 4.82. The van der Waals surface area contributed by atoms with Crippen molar-refractivity contribution in [2.45, 2.75) is 39.3 Å². The van der Waals surface area contributed by atoms with E-state index in [1.54, 1.807) is 0 Å². The summed E-state index contributed by atoms with van der Waals surface area (Å²) < 4.78 is 5.70. The maximum Gasteiger partial charge on any atom is 0.147 e. The fraction of sp³-hybridized carbons (Fsp3) is 0.714. The number of nitrogens with one attached hydrogen (secondary N) is 1. The molecule has 1 unspecified atom stereocenters. The molecule has 1 fully saturated rings. The fourth-order valence-corrected chi connectivity index (χ4v) is 2.30. The molecule has 1 atom stereocenters. The topological polar surface area (TPSA) is 50.3 Å². The molecule has 0 radical (unpaired) electrons. The SMILES string of the molecule is CCNCc1cncc(N(CC)CC2CCCO2)n1. The molecule has 1 aliphatic rings. The van der Waals surface area contributed by atoms with Crippen molar-refractivity contribution < 1.29 is 4.74 Å². The summed E-state index contributed by atoms with van der Waals surface area (Å²) in [6, 6.07) is 0. The zero-order chi connectivity index (χ0) is 13.5. The van der Waals surface area contributed by atoms with E-state index in [-0.39, 0.29) is 0 Å². The van der Waals surface area contributed by atoms with Gasteiger partial charge in [0, 0.05) is 32.4 Å². The molecule has 1 aromatic rings. The van der Waals surface area contributed by atoms with Crippen LogP contribution >= 0.6 is 0 Å². The zero-order valence-corrected chi connectivity index (χ0v) is 11.9. The molecule has 19 heavy (non-hydrogen) atoms. The molecule has 1 saturated heterocycles. The highest BCUT2D eigenvalue weighted by atomic mass is 16.5. The molecule has 1 aliphatic heterocycles. The van der Waals surface area contributed by atoms with E-state index >= 15 is 0 Å². The number of hydrogen-bond donors (Lipinski definition) is 1. The van der Waals surface area contributed by atoms with Crippen molar-refractivity contribution in [2.75, 3.05) is 31.1 Å². The van der Waals surface area contributed by atoms with Gasteiger partial charge in [-0.1, -0.05) is 6.92 Å². The first-order valence-corrected chi connectivity index (χ1v) is 7.21. The van der Waals surface area contributed by atoms with Gasteiger partial charge in [-0.15, -0.1) is 0 Å². The van der Waals surface area contributed by atoms with Gasteiger partial charge < -0.3 is 15.0 Å². The lowest BCUT2D eigenvalue weighted by Crippen LogP contribution is -2.33.